The molecule has 1 atom stereocenters. The maximum Gasteiger partial charge on any atom is 0.349 e. The predicted octanol–water partition coefficient (Wildman–Crippen LogP) is 3.61. The standard InChI is InChI=1S/C21H22N4O3S/c1-5-6-25-14(3)7-16(15(25)4)8-17(9-22)21(27)28-11-19(26)18(10-23)20-24-13(2)12-29-20/h7-8,12,18H,5-6,11H2,1-4H3/b17-8-. The molecule has 0 aliphatic heterocycles. The van der Waals surface area contributed by atoms with Crippen LogP contribution >= 0.6 is 11.3 Å². The summed E-state index contributed by atoms with van der Waals surface area (Å²) >= 11 is 1.21. The van der Waals surface area contributed by atoms with E-state index in [1.54, 1.807) is 12.3 Å². The number of carbonyl (C=O) groups is 2. The Morgan fingerprint density at radius 1 is 1.34 bits per heavy atom. The molecule has 0 radical (unpaired) electrons. The van der Waals surface area contributed by atoms with Crippen molar-refractivity contribution in [3.63, 3.8) is 0 Å². The van der Waals surface area contributed by atoms with Gasteiger partial charge in [-0.25, -0.2) is 9.78 Å². The number of esters is 1. The second-order valence-corrected chi connectivity index (χ2v) is 7.47. The highest BCUT2D eigenvalue weighted by Gasteiger charge is 2.25. The Balaban J connectivity index is 2.11. The minimum atomic E-state index is -1.09. The van der Waals surface area contributed by atoms with Gasteiger partial charge in [0.05, 0.1) is 6.07 Å². The van der Waals surface area contributed by atoms with E-state index < -0.39 is 24.3 Å². The first-order chi connectivity index (χ1) is 13.8. The topological polar surface area (TPSA) is 109 Å². The monoisotopic (exact) mass is 410 g/mol. The zero-order valence-electron chi connectivity index (χ0n) is 16.9. The molecule has 0 aliphatic carbocycles. The lowest BCUT2D eigenvalue weighted by atomic mass is 10.1. The number of Topliss-reactive ketones (excluding diaryl/α,β-unsaturated/α-hetero) is 1. The molecule has 2 aromatic rings. The van der Waals surface area contributed by atoms with Crippen LogP contribution in [0.1, 0.15) is 46.9 Å². The molecule has 0 bridgehead atoms. The van der Waals surface area contributed by atoms with Gasteiger partial charge in [0, 0.05) is 29.0 Å². The number of hydrogen-bond donors (Lipinski definition) is 0. The summed E-state index contributed by atoms with van der Waals surface area (Å²) in [7, 11) is 0. The van der Waals surface area contributed by atoms with E-state index >= 15 is 0 Å². The number of rotatable bonds is 8. The van der Waals surface area contributed by atoms with Crippen LogP contribution in [0.3, 0.4) is 0 Å². The number of nitrogens with zero attached hydrogens (tertiary/aromatic N) is 4. The van der Waals surface area contributed by atoms with Gasteiger partial charge in [0.1, 0.15) is 16.6 Å². The van der Waals surface area contributed by atoms with Gasteiger partial charge in [-0.1, -0.05) is 6.92 Å². The summed E-state index contributed by atoms with van der Waals surface area (Å²) in [5.41, 5.74) is 3.25. The van der Waals surface area contributed by atoms with Gasteiger partial charge in [0.15, 0.2) is 18.3 Å². The van der Waals surface area contributed by atoms with Crippen LogP contribution < -0.4 is 0 Å². The third-order valence-electron chi connectivity index (χ3n) is 4.38. The van der Waals surface area contributed by atoms with Crippen LogP contribution in [0.4, 0.5) is 0 Å². The van der Waals surface area contributed by atoms with Crippen LogP contribution in [0.25, 0.3) is 6.08 Å². The average Bonchev–Trinajstić information content (AvgIpc) is 3.23. The largest absolute Gasteiger partial charge is 0.453 e. The first kappa shape index (κ1) is 22.1. The van der Waals surface area contributed by atoms with E-state index in [0.29, 0.717) is 10.7 Å². The summed E-state index contributed by atoms with van der Waals surface area (Å²) in [6.45, 7) is 7.98. The van der Waals surface area contributed by atoms with Crippen molar-refractivity contribution in [2.75, 3.05) is 6.61 Å². The van der Waals surface area contributed by atoms with Gasteiger partial charge in [-0.15, -0.1) is 11.3 Å². The van der Waals surface area contributed by atoms with E-state index in [4.69, 9.17) is 4.74 Å². The Kier molecular flexibility index (Phi) is 7.46. The van der Waals surface area contributed by atoms with Crippen LogP contribution in [0, 0.1) is 43.4 Å². The summed E-state index contributed by atoms with van der Waals surface area (Å²) in [6.07, 6.45) is 2.43. The second-order valence-electron chi connectivity index (χ2n) is 6.58. The van der Waals surface area contributed by atoms with Crippen molar-refractivity contribution in [3.8, 4) is 12.1 Å². The Morgan fingerprint density at radius 2 is 2.07 bits per heavy atom. The number of ether oxygens (including phenoxy) is 1. The highest BCUT2D eigenvalue weighted by atomic mass is 32.1. The lowest BCUT2D eigenvalue weighted by molar-refractivity contribution is -0.143. The van der Waals surface area contributed by atoms with E-state index in [1.807, 2.05) is 32.1 Å². The molecule has 7 nitrogen and oxygen atoms in total. The number of ketones is 1. The quantitative estimate of drug-likeness (QED) is 0.374. The van der Waals surface area contributed by atoms with Crippen LogP contribution in [0.2, 0.25) is 0 Å². The first-order valence-electron chi connectivity index (χ1n) is 9.12. The van der Waals surface area contributed by atoms with Crippen LogP contribution in [-0.4, -0.2) is 27.9 Å². The molecule has 2 aromatic heterocycles. The number of aromatic nitrogens is 2. The minimum absolute atomic E-state index is 0.201. The highest BCUT2D eigenvalue weighted by Crippen LogP contribution is 2.22. The molecule has 0 spiro atoms. The molecule has 2 rings (SSSR count). The zero-order chi connectivity index (χ0) is 21.6. The fourth-order valence-corrected chi connectivity index (χ4v) is 3.76. The van der Waals surface area contributed by atoms with Crippen LogP contribution in [0.15, 0.2) is 17.0 Å². The molecular formula is C21H22N4O3S. The van der Waals surface area contributed by atoms with Gasteiger partial charge in [0.25, 0.3) is 0 Å². The summed E-state index contributed by atoms with van der Waals surface area (Å²) in [5, 5.41) is 20.7. The van der Waals surface area contributed by atoms with E-state index in [9.17, 15) is 20.1 Å². The predicted molar refractivity (Wildman–Crippen MR) is 109 cm³/mol. The molecule has 29 heavy (non-hydrogen) atoms. The van der Waals surface area contributed by atoms with E-state index in [0.717, 1.165) is 29.9 Å². The summed E-state index contributed by atoms with van der Waals surface area (Å²) in [5.74, 6) is -2.56. The maximum absolute atomic E-state index is 12.3. The van der Waals surface area contributed by atoms with Gasteiger partial charge >= 0.3 is 5.97 Å². The molecule has 0 fully saturated rings. The van der Waals surface area contributed by atoms with Crippen molar-refractivity contribution in [3.05, 3.63) is 44.7 Å². The van der Waals surface area contributed by atoms with Gasteiger partial charge < -0.3 is 9.30 Å². The fourth-order valence-electron chi connectivity index (χ4n) is 2.90. The molecule has 150 valence electrons. The SMILES string of the molecule is CCCn1c(C)cc(/C=C(/C#N)C(=O)OCC(=O)C(C#N)c2nc(C)cs2)c1C. The van der Waals surface area contributed by atoms with Crippen molar-refractivity contribution in [1.29, 1.82) is 10.5 Å². The Hall–Kier alpha value is -3.23. The number of nitriles is 2. The van der Waals surface area contributed by atoms with E-state index in [1.165, 1.54) is 17.4 Å². The second kappa shape index (κ2) is 9.81. The first-order valence-corrected chi connectivity index (χ1v) is 10.00. The number of thiazole rings is 1. The fraction of sp³-hybridized carbons (Fsp3) is 0.381. The third-order valence-corrected chi connectivity index (χ3v) is 5.41. The van der Waals surface area contributed by atoms with Crippen LogP contribution in [-0.2, 0) is 20.9 Å². The molecule has 2 heterocycles. The highest BCUT2D eigenvalue weighted by molar-refractivity contribution is 7.09. The molecular weight excluding hydrogens is 388 g/mol. The smallest absolute Gasteiger partial charge is 0.349 e. The molecule has 0 amide bonds. The molecule has 0 saturated heterocycles. The number of aryl methyl sites for hydroxylation is 2. The Labute approximate surface area is 173 Å². The lowest BCUT2D eigenvalue weighted by Gasteiger charge is -2.07. The van der Waals surface area contributed by atoms with Gasteiger partial charge in [-0.05, 0) is 44.9 Å². The van der Waals surface area contributed by atoms with Crippen molar-refractivity contribution in [1.82, 2.24) is 9.55 Å². The van der Waals surface area contributed by atoms with Crippen molar-refractivity contribution >= 4 is 29.2 Å². The Morgan fingerprint density at radius 3 is 2.62 bits per heavy atom. The molecule has 0 aromatic carbocycles. The molecule has 8 heteroatoms. The Bertz CT molecular complexity index is 1030. The van der Waals surface area contributed by atoms with Crippen LogP contribution in [0.5, 0.6) is 0 Å². The third kappa shape index (κ3) is 5.18. The van der Waals surface area contributed by atoms with Crippen molar-refractivity contribution in [2.24, 2.45) is 0 Å². The van der Waals surface area contributed by atoms with Crippen molar-refractivity contribution in [2.45, 2.75) is 46.6 Å². The normalized spacial score (nSPS) is 12.1. The summed E-state index contributed by atoms with van der Waals surface area (Å²) in [6, 6.07) is 5.62. The van der Waals surface area contributed by atoms with Gasteiger partial charge in [-0.2, -0.15) is 10.5 Å². The average molecular weight is 410 g/mol. The molecule has 1 unspecified atom stereocenters. The van der Waals surface area contributed by atoms with E-state index in [-0.39, 0.29) is 5.57 Å². The van der Waals surface area contributed by atoms with Gasteiger partial charge in [-0.3, -0.25) is 4.79 Å². The van der Waals surface area contributed by atoms with Crippen molar-refractivity contribution < 1.29 is 14.3 Å². The molecule has 0 saturated carbocycles. The maximum atomic E-state index is 12.3. The molecule has 0 aliphatic rings. The lowest BCUT2D eigenvalue weighted by Crippen LogP contribution is -2.20. The zero-order valence-corrected chi connectivity index (χ0v) is 17.7. The minimum Gasteiger partial charge on any atom is -0.453 e. The number of carbonyl (C=O) groups excluding carboxylic acids is 2. The van der Waals surface area contributed by atoms with E-state index in [2.05, 4.69) is 16.5 Å². The van der Waals surface area contributed by atoms with Gasteiger partial charge in [0.2, 0.25) is 0 Å². The summed E-state index contributed by atoms with van der Waals surface area (Å²) < 4.78 is 7.12. The molecule has 0 N–H and O–H groups in total. The summed E-state index contributed by atoms with van der Waals surface area (Å²) in [4.78, 5) is 28.7. The number of hydrogen-bond acceptors (Lipinski definition) is 7.